The van der Waals surface area contributed by atoms with Crippen molar-refractivity contribution in [2.45, 2.75) is 39.7 Å². The molecule has 5 nitrogen and oxygen atoms in total. The van der Waals surface area contributed by atoms with Crippen LogP contribution in [0.4, 0.5) is 0 Å². The van der Waals surface area contributed by atoms with Crippen molar-refractivity contribution in [3.63, 3.8) is 0 Å². The molecule has 90 valence electrons. The maximum absolute atomic E-state index is 12.0. The van der Waals surface area contributed by atoms with Crippen LogP contribution in [0.2, 0.25) is 0 Å². The molecule has 16 heavy (non-hydrogen) atoms. The molecular weight excluding hydrogens is 210 g/mol. The molecule has 0 unspecified atom stereocenters. The summed E-state index contributed by atoms with van der Waals surface area (Å²) in [6.45, 7) is 5.66. The fraction of sp³-hybridized carbons (Fsp3) is 0.818. The van der Waals surface area contributed by atoms with E-state index in [0.717, 1.165) is 0 Å². The molecule has 2 aliphatic rings. The zero-order valence-electron chi connectivity index (χ0n) is 9.73. The van der Waals surface area contributed by atoms with E-state index >= 15 is 0 Å². The maximum atomic E-state index is 12.0. The lowest BCUT2D eigenvalue weighted by Gasteiger charge is -2.49. The van der Waals surface area contributed by atoms with E-state index in [0.29, 0.717) is 17.9 Å². The zero-order valence-corrected chi connectivity index (χ0v) is 9.73. The lowest BCUT2D eigenvalue weighted by Crippen LogP contribution is -2.62. The number of rotatable bonds is 1. The van der Waals surface area contributed by atoms with Crippen LogP contribution in [0.25, 0.3) is 0 Å². The van der Waals surface area contributed by atoms with Crippen molar-refractivity contribution >= 4 is 11.9 Å². The highest BCUT2D eigenvalue weighted by Gasteiger charge is 2.65. The summed E-state index contributed by atoms with van der Waals surface area (Å²) in [5, 5.41) is 19.2. The fourth-order valence-corrected chi connectivity index (χ4v) is 3.30. The van der Waals surface area contributed by atoms with Gasteiger partial charge < -0.3 is 5.11 Å². The molecule has 1 saturated heterocycles. The van der Waals surface area contributed by atoms with Crippen LogP contribution in [0.5, 0.6) is 0 Å². The predicted octanol–water partition coefficient (Wildman–Crippen LogP) is 1.11. The number of aliphatic carboxylic acids is 1. The van der Waals surface area contributed by atoms with E-state index in [9.17, 15) is 14.8 Å². The third-order valence-corrected chi connectivity index (χ3v) is 4.88. The summed E-state index contributed by atoms with van der Waals surface area (Å²) in [6.07, 6.45) is 1.31. The fourth-order valence-electron chi connectivity index (χ4n) is 3.30. The third-order valence-electron chi connectivity index (χ3n) is 4.88. The Morgan fingerprint density at radius 1 is 1.44 bits per heavy atom. The van der Waals surface area contributed by atoms with Crippen LogP contribution in [0.3, 0.4) is 0 Å². The number of carbonyl (C=O) groups excluding carboxylic acids is 1. The van der Waals surface area contributed by atoms with Gasteiger partial charge in [0.15, 0.2) is 6.04 Å². The Morgan fingerprint density at radius 3 is 2.50 bits per heavy atom. The highest BCUT2D eigenvalue weighted by Crippen LogP contribution is 2.61. The molecule has 1 heterocycles. The van der Waals surface area contributed by atoms with Crippen molar-refractivity contribution < 1.29 is 19.9 Å². The number of hydroxylamine groups is 2. The van der Waals surface area contributed by atoms with Crippen LogP contribution in [-0.2, 0) is 9.59 Å². The summed E-state index contributed by atoms with van der Waals surface area (Å²) in [5.41, 5.74) is -1.02. The Balaban J connectivity index is 2.52. The van der Waals surface area contributed by atoms with Gasteiger partial charge in [-0.1, -0.05) is 20.8 Å². The summed E-state index contributed by atoms with van der Waals surface area (Å²) in [4.78, 5) is 23.2. The molecule has 0 radical (unpaired) electrons. The number of carboxylic acids is 1. The van der Waals surface area contributed by atoms with Gasteiger partial charge in [-0.3, -0.25) is 10.0 Å². The summed E-state index contributed by atoms with van der Waals surface area (Å²) >= 11 is 0. The van der Waals surface area contributed by atoms with Gasteiger partial charge in [-0.2, -0.15) is 0 Å². The highest BCUT2D eigenvalue weighted by atomic mass is 16.5. The van der Waals surface area contributed by atoms with Crippen molar-refractivity contribution in [2.24, 2.45) is 16.7 Å². The molecule has 2 fully saturated rings. The van der Waals surface area contributed by atoms with E-state index in [4.69, 9.17) is 5.11 Å². The molecule has 0 aromatic heterocycles. The molecule has 0 aromatic carbocycles. The van der Waals surface area contributed by atoms with Crippen LogP contribution in [0.15, 0.2) is 0 Å². The Morgan fingerprint density at radius 2 is 2.00 bits per heavy atom. The van der Waals surface area contributed by atoms with Crippen LogP contribution in [-0.4, -0.2) is 33.3 Å². The van der Waals surface area contributed by atoms with Gasteiger partial charge in [-0.15, -0.1) is 0 Å². The first-order valence-electron chi connectivity index (χ1n) is 5.49. The van der Waals surface area contributed by atoms with E-state index in [1.165, 1.54) is 0 Å². The Hall–Kier alpha value is -1.10. The first kappa shape index (κ1) is 11.4. The molecule has 0 aromatic rings. The van der Waals surface area contributed by atoms with E-state index in [1.54, 1.807) is 0 Å². The summed E-state index contributed by atoms with van der Waals surface area (Å²) < 4.78 is 0. The first-order valence-corrected chi connectivity index (χ1v) is 5.49. The van der Waals surface area contributed by atoms with Gasteiger partial charge in [0.25, 0.3) is 5.91 Å². The number of carbonyl (C=O) groups is 2. The minimum Gasteiger partial charge on any atom is -0.480 e. The van der Waals surface area contributed by atoms with Crippen molar-refractivity contribution in [2.75, 3.05) is 0 Å². The van der Waals surface area contributed by atoms with Crippen molar-refractivity contribution in [1.29, 1.82) is 0 Å². The SMILES string of the molecule is CC1(C)[C@@H]2CC[C@]1(C)C(=O)N(O)[C@@H]2C(=O)O. The molecular formula is C11H17NO4. The monoisotopic (exact) mass is 227 g/mol. The van der Waals surface area contributed by atoms with Crippen LogP contribution in [0.1, 0.15) is 33.6 Å². The van der Waals surface area contributed by atoms with E-state index in [1.807, 2.05) is 20.8 Å². The number of fused-ring (bicyclic) bond motifs is 2. The Labute approximate surface area is 94.0 Å². The Bertz CT molecular complexity index is 365. The maximum Gasteiger partial charge on any atom is 0.329 e. The van der Waals surface area contributed by atoms with Crippen LogP contribution in [0, 0.1) is 16.7 Å². The second kappa shape index (κ2) is 2.97. The second-order valence-electron chi connectivity index (χ2n) is 5.63. The molecule has 1 aliphatic carbocycles. The number of carboxylic acid groups (broad SMARTS) is 1. The van der Waals surface area contributed by atoms with Crippen molar-refractivity contribution in [3.05, 3.63) is 0 Å². The first-order chi connectivity index (χ1) is 7.23. The molecule has 1 aliphatic heterocycles. The standard InChI is InChI=1S/C11H17NO4/c1-10(2)6-4-5-11(10,3)9(15)12(16)7(6)8(13)14/h6-7,16H,4-5H2,1-3H3,(H,13,14)/t6-,7+,11-/m1/s1. The zero-order chi connectivity index (χ0) is 12.3. The van der Waals surface area contributed by atoms with E-state index in [2.05, 4.69) is 0 Å². The lowest BCUT2D eigenvalue weighted by molar-refractivity contribution is -0.220. The predicted molar refractivity (Wildman–Crippen MR) is 54.7 cm³/mol. The molecule has 1 saturated carbocycles. The number of hydrogen-bond acceptors (Lipinski definition) is 3. The van der Waals surface area contributed by atoms with Gasteiger partial charge in [0, 0.05) is 0 Å². The molecule has 1 amide bonds. The second-order valence-corrected chi connectivity index (χ2v) is 5.63. The minimum atomic E-state index is -1.13. The van der Waals surface area contributed by atoms with Crippen LogP contribution < -0.4 is 0 Å². The molecule has 5 heteroatoms. The van der Waals surface area contributed by atoms with Gasteiger partial charge in [0.1, 0.15) is 0 Å². The van der Waals surface area contributed by atoms with Gasteiger partial charge in [0.05, 0.1) is 5.41 Å². The quantitative estimate of drug-likeness (QED) is 0.658. The van der Waals surface area contributed by atoms with Crippen molar-refractivity contribution in [1.82, 2.24) is 5.06 Å². The third kappa shape index (κ3) is 1.04. The largest absolute Gasteiger partial charge is 0.480 e. The average Bonchev–Trinajstić information content (AvgIpc) is 2.33. The van der Waals surface area contributed by atoms with Gasteiger partial charge in [-0.25, -0.2) is 9.86 Å². The van der Waals surface area contributed by atoms with E-state index in [-0.39, 0.29) is 11.3 Å². The molecule has 2 N–H and O–H groups in total. The number of hydrogen-bond donors (Lipinski definition) is 2. The highest BCUT2D eigenvalue weighted by molar-refractivity contribution is 5.89. The normalized spacial score (nSPS) is 41.2. The van der Waals surface area contributed by atoms with Gasteiger partial charge in [-0.05, 0) is 24.2 Å². The Kier molecular flexibility index (Phi) is 2.11. The summed E-state index contributed by atoms with van der Waals surface area (Å²) in [7, 11) is 0. The van der Waals surface area contributed by atoms with Crippen molar-refractivity contribution in [3.8, 4) is 0 Å². The average molecular weight is 227 g/mol. The number of amides is 1. The number of nitrogens with zero attached hydrogens (tertiary/aromatic N) is 1. The van der Waals surface area contributed by atoms with Gasteiger partial charge >= 0.3 is 5.97 Å². The summed E-state index contributed by atoms with van der Waals surface area (Å²) in [6, 6.07) is -1.10. The number of piperidine rings is 1. The van der Waals surface area contributed by atoms with Gasteiger partial charge in [0.2, 0.25) is 0 Å². The smallest absolute Gasteiger partial charge is 0.329 e. The topological polar surface area (TPSA) is 77.8 Å². The molecule has 2 bridgehead atoms. The van der Waals surface area contributed by atoms with E-state index < -0.39 is 23.3 Å². The minimum absolute atomic E-state index is 0.183. The molecule has 3 atom stereocenters. The molecule has 0 spiro atoms. The lowest BCUT2D eigenvalue weighted by atomic mass is 9.61. The molecule has 2 rings (SSSR count). The summed E-state index contributed by atoms with van der Waals surface area (Å²) in [5.74, 6) is -1.77. The van der Waals surface area contributed by atoms with Crippen LogP contribution >= 0.6 is 0 Å².